The quantitative estimate of drug-likeness (QED) is 0.742. The van der Waals surface area contributed by atoms with Crippen LogP contribution in [0.5, 0.6) is 0 Å². The Bertz CT molecular complexity index is 372. The largest absolute Gasteiger partial charge is 0.378 e. The molecule has 92 valence electrons. The van der Waals surface area contributed by atoms with Gasteiger partial charge in [-0.1, -0.05) is 38.1 Å². The van der Waals surface area contributed by atoms with Crippen LogP contribution in [0.1, 0.15) is 54.9 Å². The predicted molar refractivity (Wildman–Crippen MR) is 68.5 cm³/mol. The van der Waals surface area contributed by atoms with E-state index in [1.807, 2.05) is 24.3 Å². The van der Waals surface area contributed by atoms with E-state index in [0.717, 1.165) is 25.0 Å². The standard InChI is InChI=1S/C15H20O2/c1-11(2)12-5-7-13(8-6-12)15(16)10-14-4-3-9-17-14/h5-8,11,14H,3-4,9-10H2,1-2H3. The first kappa shape index (κ1) is 12.3. The van der Waals surface area contributed by atoms with Crippen molar-refractivity contribution in [1.82, 2.24) is 0 Å². The fourth-order valence-electron chi connectivity index (χ4n) is 2.18. The van der Waals surface area contributed by atoms with Crippen LogP contribution in [0.4, 0.5) is 0 Å². The lowest BCUT2D eigenvalue weighted by Gasteiger charge is -2.09. The first-order chi connectivity index (χ1) is 8.16. The molecule has 1 aliphatic rings. The van der Waals surface area contributed by atoms with Crippen LogP contribution in [-0.4, -0.2) is 18.5 Å². The van der Waals surface area contributed by atoms with Crippen molar-refractivity contribution in [2.24, 2.45) is 0 Å². The summed E-state index contributed by atoms with van der Waals surface area (Å²) >= 11 is 0. The highest BCUT2D eigenvalue weighted by molar-refractivity contribution is 5.96. The molecule has 0 spiro atoms. The number of ether oxygens (including phenoxy) is 1. The molecule has 1 aliphatic heterocycles. The molecule has 2 nitrogen and oxygen atoms in total. The van der Waals surface area contributed by atoms with Crippen LogP contribution in [0.25, 0.3) is 0 Å². The second kappa shape index (κ2) is 5.46. The van der Waals surface area contributed by atoms with Crippen molar-refractivity contribution < 1.29 is 9.53 Å². The zero-order valence-corrected chi connectivity index (χ0v) is 10.6. The van der Waals surface area contributed by atoms with Crippen molar-refractivity contribution in [2.45, 2.75) is 45.1 Å². The lowest BCUT2D eigenvalue weighted by atomic mass is 9.98. The monoisotopic (exact) mass is 232 g/mol. The Morgan fingerprint density at radius 1 is 1.35 bits per heavy atom. The second-order valence-corrected chi connectivity index (χ2v) is 5.04. The number of rotatable bonds is 4. The van der Waals surface area contributed by atoms with Gasteiger partial charge in [0, 0.05) is 18.6 Å². The van der Waals surface area contributed by atoms with Gasteiger partial charge in [-0.15, -0.1) is 0 Å². The summed E-state index contributed by atoms with van der Waals surface area (Å²) in [5.41, 5.74) is 2.09. The van der Waals surface area contributed by atoms with Crippen LogP contribution in [0, 0.1) is 0 Å². The zero-order valence-electron chi connectivity index (χ0n) is 10.6. The van der Waals surface area contributed by atoms with Gasteiger partial charge in [-0.25, -0.2) is 0 Å². The minimum absolute atomic E-state index is 0.146. The summed E-state index contributed by atoms with van der Waals surface area (Å²) in [5.74, 6) is 0.713. The van der Waals surface area contributed by atoms with Crippen molar-refractivity contribution in [1.29, 1.82) is 0 Å². The summed E-state index contributed by atoms with van der Waals surface area (Å²) in [5, 5.41) is 0. The van der Waals surface area contributed by atoms with Crippen LogP contribution in [0.15, 0.2) is 24.3 Å². The maximum absolute atomic E-state index is 12.0. The Kier molecular flexibility index (Phi) is 3.95. The van der Waals surface area contributed by atoms with Gasteiger partial charge in [-0.05, 0) is 24.3 Å². The third kappa shape index (κ3) is 3.16. The van der Waals surface area contributed by atoms with Crippen LogP contribution >= 0.6 is 0 Å². The lowest BCUT2D eigenvalue weighted by molar-refractivity contribution is 0.0775. The highest BCUT2D eigenvalue weighted by atomic mass is 16.5. The number of hydrogen-bond donors (Lipinski definition) is 0. The van der Waals surface area contributed by atoms with Gasteiger partial charge in [-0.3, -0.25) is 4.79 Å². The Labute approximate surface area is 103 Å². The highest BCUT2D eigenvalue weighted by Gasteiger charge is 2.19. The highest BCUT2D eigenvalue weighted by Crippen LogP contribution is 2.19. The third-order valence-electron chi connectivity index (χ3n) is 3.34. The van der Waals surface area contributed by atoms with Gasteiger partial charge in [0.15, 0.2) is 5.78 Å². The van der Waals surface area contributed by atoms with Gasteiger partial charge >= 0.3 is 0 Å². The van der Waals surface area contributed by atoms with E-state index in [4.69, 9.17) is 4.74 Å². The molecule has 0 amide bonds. The molecule has 0 saturated carbocycles. The van der Waals surface area contributed by atoms with E-state index in [2.05, 4.69) is 13.8 Å². The fraction of sp³-hybridized carbons (Fsp3) is 0.533. The molecule has 0 aromatic heterocycles. The SMILES string of the molecule is CC(C)c1ccc(C(=O)CC2CCCO2)cc1. The molecule has 1 unspecified atom stereocenters. The van der Waals surface area contributed by atoms with Crippen molar-refractivity contribution in [3.8, 4) is 0 Å². The van der Waals surface area contributed by atoms with E-state index >= 15 is 0 Å². The molecule has 2 rings (SSSR count). The Balaban J connectivity index is 1.98. The number of benzene rings is 1. The average molecular weight is 232 g/mol. The van der Waals surface area contributed by atoms with E-state index in [1.54, 1.807) is 0 Å². The molecule has 0 aliphatic carbocycles. The van der Waals surface area contributed by atoms with Crippen LogP contribution in [0.3, 0.4) is 0 Å². The Morgan fingerprint density at radius 3 is 2.59 bits per heavy atom. The minimum atomic E-state index is 0.146. The third-order valence-corrected chi connectivity index (χ3v) is 3.34. The number of hydrogen-bond acceptors (Lipinski definition) is 2. The smallest absolute Gasteiger partial charge is 0.165 e. The molecule has 0 N–H and O–H groups in total. The topological polar surface area (TPSA) is 26.3 Å². The molecule has 1 atom stereocenters. The maximum Gasteiger partial charge on any atom is 0.165 e. The molecular weight excluding hydrogens is 212 g/mol. The minimum Gasteiger partial charge on any atom is -0.378 e. The second-order valence-electron chi connectivity index (χ2n) is 5.04. The van der Waals surface area contributed by atoms with Gasteiger partial charge in [0.2, 0.25) is 0 Å². The number of Topliss-reactive ketones (excluding diaryl/α,β-unsaturated/α-hetero) is 1. The van der Waals surface area contributed by atoms with Crippen molar-refractivity contribution in [2.75, 3.05) is 6.61 Å². The van der Waals surface area contributed by atoms with Crippen molar-refractivity contribution in [3.05, 3.63) is 35.4 Å². The zero-order chi connectivity index (χ0) is 12.3. The summed E-state index contributed by atoms with van der Waals surface area (Å²) in [7, 11) is 0. The Morgan fingerprint density at radius 2 is 2.06 bits per heavy atom. The normalized spacial score (nSPS) is 19.8. The molecule has 1 heterocycles. The molecule has 0 radical (unpaired) electrons. The van der Waals surface area contributed by atoms with E-state index in [-0.39, 0.29) is 11.9 Å². The van der Waals surface area contributed by atoms with Crippen LogP contribution < -0.4 is 0 Å². The fourth-order valence-corrected chi connectivity index (χ4v) is 2.18. The number of carbonyl (C=O) groups is 1. The summed E-state index contributed by atoms with van der Waals surface area (Å²) in [6, 6.07) is 7.97. The summed E-state index contributed by atoms with van der Waals surface area (Å²) in [6.45, 7) is 5.12. The number of ketones is 1. The number of carbonyl (C=O) groups excluding carboxylic acids is 1. The van der Waals surface area contributed by atoms with Gasteiger partial charge in [-0.2, -0.15) is 0 Å². The first-order valence-corrected chi connectivity index (χ1v) is 6.41. The molecule has 1 saturated heterocycles. The van der Waals surface area contributed by atoms with E-state index in [9.17, 15) is 4.79 Å². The van der Waals surface area contributed by atoms with E-state index in [1.165, 1.54) is 5.56 Å². The molecule has 17 heavy (non-hydrogen) atoms. The van der Waals surface area contributed by atoms with Crippen LogP contribution in [0.2, 0.25) is 0 Å². The molecule has 2 heteroatoms. The average Bonchev–Trinajstić information content (AvgIpc) is 2.82. The van der Waals surface area contributed by atoms with E-state index in [0.29, 0.717) is 12.3 Å². The molecule has 1 aromatic carbocycles. The first-order valence-electron chi connectivity index (χ1n) is 6.41. The van der Waals surface area contributed by atoms with Gasteiger partial charge in [0.05, 0.1) is 6.10 Å². The summed E-state index contributed by atoms with van der Waals surface area (Å²) in [6.07, 6.45) is 2.79. The lowest BCUT2D eigenvalue weighted by Crippen LogP contribution is -2.12. The molecular formula is C15H20O2. The van der Waals surface area contributed by atoms with Crippen molar-refractivity contribution >= 4 is 5.78 Å². The Hall–Kier alpha value is -1.15. The van der Waals surface area contributed by atoms with Gasteiger partial charge in [0.1, 0.15) is 0 Å². The van der Waals surface area contributed by atoms with Gasteiger partial charge in [0.25, 0.3) is 0 Å². The summed E-state index contributed by atoms with van der Waals surface area (Å²) < 4.78 is 5.49. The maximum atomic E-state index is 12.0. The predicted octanol–water partition coefficient (Wildman–Crippen LogP) is 3.56. The molecule has 1 fully saturated rings. The van der Waals surface area contributed by atoms with Crippen molar-refractivity contribution in [3.63, 3.8) is 0 Å². The molecule has 1 aromatic rings. The molecule has 0 bridgehead atoms. The van der Waals surface area contributed by atoms with Crippen LogP contribution in [-0.2, 0) is 4.74 Å². The van der Waals surface area contributed by atoms with Gasteiger partial charge < -0.3 is 4.74 Å². The van der Waals surface area contributed by atoms with E-state index < -0.39 is 0 Å². The summed E-state index contributed by atoms with van der Waals surface area (Å²) in [4.78, 5) is 12.0.